The number of halogens is 1. The standard InChI is InChI=1S/C22H20FN2S.C17H22GeN.Ir/c1-13-8-9-16-15-6-5-7-17(20(15)26-21(16)25-13)19-10-14(11-22(2,3)4)18(23)12-24-19;1-13(2)15-11-17(14-9-7-6-8-10-14)19-12-16(15)18(3,4)5;/h5-6,8-10,12H,11H2,1-4H3;6-9,11-13H,1-5H3;/q2*-1;/i1D3;13D;. The molecule has 1 radical (unpaired) electrons. The molecule has 0 spiro atoms. The molecule has 46 heavy (non-hydrogen) atoms. The second-order valence-electron chi connectivity index (χ2n) is 13.8. The Hall–Kier alpha value is -2.77. The summed E-state index contributed by atoms with van der Waals surface area (Å²) < 4.78 is 47.8. The van der Waals surface area contributed by atoms with Crippen LogP contribution < -0.4 is 4.40 Å². The zero-order valence-corrected chi connectivity index (χ0v) is 32.9. The predicted molar refractivity (Wildman–Crippen MR) is 193 cm³/mol. The average Bonchev–Trinajstić information content (AvgIpc) is 3.39. The molecule has 0 saturated carbocycles. The number of nitrogens with zero attached hydrogens (tertiary/aromatic N) is 3. The van der Waals surface area contributed by atoms with E-state index in [4.69, 9.17) is 5.48 Å². The van der Waals surface area contributed by atoms with Gasteiger partial charge in [-0.25, -0.2) is 9.37 Å². The second kappa shape index (κ2) is 14.6. The van der Waals surface area contributed by atoms with Crippen LogP contribution in [0.15, 0.2) is 73.1 Å². The SMILES string of the molecule is [2H]C(C)(C)c1cc(-c2[c-]cccc2)nc[c]1[Ge]([CH3])([CH3])[CH3].[2H]C([2H])([2H])c1ccc2c(n1)sc1c(-c3cc(CC(C)(C)C)c(F)cn3)[c-]ccc12.[Ir]. The van der Waals surface area contributed by atoms with Crippen molar-refractivity contribution in [2.75, 3.05) is 0 Å². The zero-order chi connectivity index (χ0) is 35.9. The van der Waals surface area contributed by atoms with Crippen LogP contribution in [0.5, 0.6) is 0 Å². The molecule has 4 aromatic heterocycles. The maximum atomic E-state index is 14.3. The van der Waals surface area contributed by atoms with Crippen molar-refractivity contribution in [2.24, 2.45) is 5.41 Å². The van der Waals surface area contributed by atoms with E-state index in [0.29, 0.717) is 22.5 Å². The van der Waals surface area contributed by atoms with Gasteiger partial charge in [-0.3, -0.25) is 0 Å². The molecule has 241 valence electrons. The molecular weight excluding hydrogens is 826 g/mol. The summed E-state index contributed by atoms with van der Waals surface area (Å²) >= 11 is -0.615. The first-order valence-corrected chi connectivity index (χ1v) is 23.3. The van der Waals surface area contributed by atoms with Gasteiger partial charge in [0, 0.05) is 29.9 Å². The number of hydrogen-bond acceptors (Lipinski definition) is 4. The van der Waals surface area contributed by atoms with Crippen molar-refractivity contribution in [2.45, 2.75) is 71.1 Å². The summed E-state index contributed by atoms with van der Waals surface area (Å²) in [6.07, 6.45) is 3.86. The van der Waals surface area contributed by atoms with Crippen LogP contribution in [0, 0.1) is 30.2 Å². The molecule has 4 heterocycles. The Kier molecular flexibility index (Phi) is 9.67. The van der Waals surface area contributed by atoms with Crippen LogP contribution in [0.25, 0.3) is 42.8 Å². The van der Waals surface area contributed by atoms with Gasteiger partial charge in [-0.05, 0) is 46.1 Å². The van der Waals surface area contributed by atoms with E-state index in [1.54, 1.807) is 18.2 Å². The fourth-order valence-corrected chi connectivity index (χ4v) is 9.80. The third kappa shape index (κ3) is 8.38. The van der Waals surface area contributed by atoms with E-state index in [1.807, 2.05) is 56.4 Å². The Balaban J connectivity index is 0.000000236. The van der Waals surface area contributed by atoms with Crippen molar-refractivity contribution in [3.8, 4) is 22.5 Å². The van der Waals surface area contributed by atoms with Crippen molar-refractivity contribution in [1.82, 2.24) is 15.0 Å². The molecule has 6 rings (SSSR count). The fraction of sp³-hybridized carbons (Fsp3) is 0.308. The van der Waals surface area contributed by atoms with E-state index >= 15 is 0 Å². The summed E-state index contributed by atoms with van der Waals surface area (Å²) in [5.74, 6) is 6.14. The average molecular weight is 873 g/mol. The number of aryl methyl sites for hydroxylation is 1. The number of thiophene rings is 1. The smallest absolute Gasteiger partial charge is 0.142 e. The molecule has 0 N–H and O–H groups in total. The van der Waals surface area contributed by atoms with Gasteiger partial charge < -0.3 is 4.98 Å². The van der Waals surface area contributed by atoms with Crippen LogP contribution in [0.2, 0.25) is 17.3 Å². The number of pyridine rings is 3. The van der Waals surface area contributed by atoms with E-state index in [0.717, 1.165) is 37.9 Å². The Morgan fingerprint density at radius 1 is 0.957 bits per heavy atom. The summed E-state index contributed by atoms with van der Waals surface area (Å²) in [6, 6.07) is 25.3. The Bertz CT molecular complexity index is 2120. The van der Waals surface area contributed by atoms with E-state index in [9.17, 15) is 4.39 Å². The molecule has 0 aliphatic carbocycles. The molecule has 6 aromatic rings. The van der Waals surface area contributed by atoms with Gasteiger partial charge in [-0.2, -0.15) is 11.3 Å². The summed E-state index contributed by atoms with van der Waals surface area (Å²) in [5.41, 5.74) is 5.10. The normalized spacial score (nSPS) is 13.6. The van der Waals surface area contributed by atoms with Gasteiger partial charge in [0.2, 0.25) is 0 Å². The number of aromatic nitrogens is 3. The molecule has 0 bridgehead atoms. The van der Waals surface area contributed by atoms with Crippen LogP contribution in [0.3, 0.4) is 0 Å². The Morgan fingerprint density at radius 2 is 1.72 bits per heavy atom. The number of hydrogen-bond donors (Lipinski definition) is 0. The predicted octanol–water partition coefficient (Wildman–Crippen LogP) is 10.6. The first-order valence-electron chi connectivity index (χ1n) is 17.1. The van der Waals surface area contributed by atoms with Crippen molar-refractivity contribution in [3.05, 3.63) is 108 Å². The summed E-state index contributed by atoms with van der Waals surface area (Å²) in [6.45, 7) is 7.87. The molecule has 3 nitrogen and oxygen atoms in total. The summed E-state index contributed by atoms with van der Waals surface area (Å²) in [7, 11) is 0. The quantitative estimate of drug-likeness (QED) is 0.128. The van der Waals surface area contributed by atoms with Gasteiger partial charge in [0.15, 0.2) is 0 Å². The molecule has 0 aliphatic heterocycles. The maximum absolute atomic E-state index is 14.3. The first kappa shape index (κ1) is 30.6. The molecule has 7 heteroatoms. The minimum atomic E-state index is -2.25. The van der Waals surface area contributed by atoms with Crippen LogP contribution in [-0.2, 0) is 26.5 Å². The molecule has 0 saturated heterocycles. The minimum absolute atomic E-state index is 0. The van der Waals surface area contributed by atoms with Gasteiger partial charge in [0.1, 0.15) is 10.6 Å². The van der Waals surface area contributed by atoms with E-state index in [2.05, 4.69) is 71.2 Å². The van der Waals surface area contributed by atoms with Crippen molar-refractivity contribution in [3.63, 3.8) is 0 Å². The van der Waals surface area contributed by atoms with Gasteiger partial charge in [0.25, 0.3) is 0 Å². The molecule has 0 amide bonds. The first-order chi connectivity index (χ1) is 22.7. The van der Waals surface area contributed by atoms with Crippen LogP contribution in [0.4, 0.5) is 4.39 Å². The Morgan fingerprint density at radius 3 is 2.37 bits per heavy atom. The number of benzene rings is 2. The number of fused-ring (bicyclic) bond motifs is 3. The van der Waals surface area contributed by atoms with Gasteiger partial charge in [-0.15, -0.1) is 23.8 Å². The van der Waals surface area contributed by atoms with Crippen molar-refractivity contribution >= 4 is 49.3 Å². The minimum Gasteiger partial charge on any atom is -0.302 e. The van der Waals surface area contributed by atoms with Gasteiger partial charge in [0.05, 0.1) is 6.20 Å². The molecular formula is C39H42FGeIrN3S-2. The largest absolute Gasteiger partial charge is 0.302 e. The van der Waals surface area contributed by atoms with Gasteiger partial charge in [-0.1, -0.05) is 38.3 Å². The van der Waals surface area contributed by atoms with Crippen molar-refractivity contribution in [1.29, 1.82) is 0 Å². The molecule has 0 atom stereocenters. The topological polar surface area (TPSA) is 38.7 Å². The summed E-state index contributed by atoms with van der Waals surface area (Å²) in [5, 5.41) is 1.86. The molecule has 2 aromatic carbocycles. The van der Waals surface area contributed by atoms with Crippen LogP contribution in [0.1, 0.15) is 62.8 Å². The monoisotopic (exact) mass is 874 g/mol. The van der Waals surface area contributed by atoms with E-state index in [1.165, 1.54) is 21.9 Å². The summed E-state index contributed by atoms with van der Waals surface area (Å²) in [4.78, 5) is 13.9. The third-order valence-electron chi connectivity index (χ3n) is 7.45. The maximum Gasteiger partial charge on any atom is 0.142 e. The molecule has 0 aliphatic rings. The molecule has 0 unspecified atom stereocenters. The zero-order valence-electron chi connectivity index (χ0n) is 31.6. The Labute approximate surface area is 299 Å². The van der Waals surface area contributed by atoms with Crippen LogP contribution >= 0.6 is 11.3 Å². The third-order valence-corrected chi connectivity index (χ3v) is 12.8. The van der Waals surface area contributed by atoms with E-state index < -0.39 is 26.0 Å². The van der Waals surface area contributed by atoms with Gasteiger partial charge >= 0.3 is 120 Å². The second-order valence-corrected chi connectivity index (χ2v) is 25.4. The van der Waals surface area contributed by atoms with Crippen LogP contribution in [-0.4, -0.2) is 28.2 Å². The number of rotatable bonds is 5. The fourth-order valence-electron chi connectivity index (χ4n) is 5.30. The van der Waals surface area contributed by atoms with E-state index in [-0.39, 0.29) is 37.0 Å². The van der Waals surface area contributed by atoms with Crippen molar-refractivity contribution < 1.29 is 30.0 Å². The molecule has 0 fully saturated rings.